The molecule has 1 heterocycles. The van der Waals surface area contributed by atoms with Gasteiger partial charge in [0.1, 0.15) is 5.82 Å². The van der Waals surface area contributed by atoms with E-state index < -0.39 is 0 Å². The molecular weight excluding hydrogens is 315 g/mol. The maximum atomic E-state index is 13.5. The Kier molecular flexibility index (Phi) is 4.53. The Balaban J connectivity index is 1.40. The van der Waals surface area contributed by atoms with Gasteiger partial charge in [0, 0.05) is 32.1 Å². The summed E-state index contributed by atoms with van der Waals surface area (Å²) in [5, 5.41) is 3.56. The number of nitrogens with zero attached hydrogens (tertiary/aromatic N) is 1. The molecule has 0 aromatic heterocycles. The monoisotopic (exact) mass is 338 g/mol. The van der Waals surface area contributed by atoms with Crippen LogP contribution >= 0.6 is 0 Å². The van der Waals surface area contributed by atoms with Crippen LogP contribution in [0.2, 0.25) is 0 Å². The van der Waals surface area contributed by atoms with Gasteiger partial charge in [-0.15, -0.1) is 0 Å². The Morgan fingerprint density at radius 2 is 2.00 bits per heavy atom. The summed E-state index contributed by atoms with van der Waals surface area (Å²) in [5.74, 6) is 0.0952. The number of halogens is 1. The van der Waals surface area contributed by atoms with Crippen molar-refractivity contribution in [3.63, 3.8) is 0 Å². The molecule has 0 spiro atoms. The Hall–Kier alpha value is -2.20. The van der Waals surface area contributed by atoms with Crippen LogP contribution in [0.5, 0.6) is 0 Å². The third kappa shape index (κ3) is 3.59. The van der Waals surface area contributed by atoms with Gasteiger partial charge in [0.25, 0.3) is 0 Å². The van der Waals surface area contributed by atoms with E-state index in [0.717, 1.165) is 37.9 Å². The fraction of sp³-hybridized carbons (Fsp3) is 0.381. The normalized spacial score (nSPS) is 19.5. The lowest BCUT2D eigenvalue weighted by atomic mass is 10.1. The number of likely N-dealkylation sites (tertiary alicyclic amines) is 1. The number of aryl methyl sites for hydroxylation is 1. The summed E-state index contributed by atoms with van der Waals surface area (Å²) in [5.41, 5.74) is 4.72. The minimum Gasteiger partial charge on any atom is -0.338 e. The number of hydrogen-bond acceptors (Lipinski definition) is 2. The number of fused-ring (bicyclic) bond motifs is 1. The van der Waals surface area contributed by atoms with Gasteiger partial charge in [-0.05, 0) is 53.6 Å². The third-order valence-corrected chi connectivity index (χ3v) is 5.27. The Labute approximate surface area is 147 Å². The van der Waals surface area contributed by atoms with E-state index in [2.05, 4.69) is 29.6 Å². The van der Waals surface area contributed by atoms with Crippen molar-refractivity contribution in [2.24, 2.45) is 0 Å². The van der Waals surface area contributed by atoms with Crippen molar-refractivity contribution in [1.29, 1.82) is 0 Å². The highest BCUT2D eigenvalue weighted by Crippen LogP contribution is 2.31. The van der Waals surface area contributed by atoms with Crippen molar-refractivity contribution in [3.05, 3.63) is 70.5 Å². The van der Waals surface area contributed by atoms with Crippen LogP contribution in [0.1, 0.15) is 47.6 Å². The number of rotatable bonds is 5. The quantitative estimate of drug-likeness (QED) is 0.901. The first-order valence-electron chi connectivity index (χ1n) is 9.06. The molecule has 2 aliphatic rings. The summed E-state index contributed by atoms with van der Waals surface area (Å²) < 4.78 is 13.5. The Bertz CT molecular complexity index is 789. The highest BCUT2D eigenvalue weighted by molar-refractivity contribution is 5.78. The van der Waals surface area contributed by atoms with Gasteiger partial charge in [-0.3, -0.25) is 4.79 Å². The molecule has 0 radical (unpaired) electrons. The van der Waals surface area contributed by atoms with Crippen molar-refractivity contribution in [3.8, 4) is 0 Å². The average Bonchev–Trinajstić information content (AvgIpc) is 3.19. The molecule has 3 nitrogen and oxygen atoms in total. The molecule has 1 aliphatic carbocycles. The van der Waals surface area contributed by atoms with Crippen LogP contribution < -0.4 is 5.32 Å². The van der Waals surface area contributed by atoms with E-state index in [9.17, 15) is 9.18 Å². The maximum Gasteiger partial charge on any atom is 0.222 e. The molecule has 1 N–H and O–H groups in total. The topological polar surface area (TPSA) is 32.3 Å². The van der Waals surface area contributed by atoms with Crippen LogP contribution in [0.25, 0.3) is 0 Å². The third-order valence-electron chi connectivity index (χ3n) is 5.27. The molecule has 2 aromatic rings. The van der Waals surface area contributed by atoms with Gasteiger partial charge in [0.05, 0.1) is 0 Å². The number of nitrogens with one attached hydrogen (secondary N) is 1. The lowest BCUT2D eigenvalue weighted by Crippen LogP contribution is -2.24. The molecule has 1 saturated heterocycles. The second kappa shape index (κ2) is 6.96. The molecular formula is C21H23FN2O. The van der Waals surface area contributed by atoms with Gasteiger partial charge in [-0.1, -0.05) is 30.3 Å². The van der Waals surface area contributed by atoms with E-state index in [1.165, 1.54) is 16.7 Å². The SMILES string of the molecule is O=C1CCCN1Cc1cccc(CNC2CCc3ccc(F)cc32)c1. The molecule has 2 aromatic carbocycles. The smallest absolute Gasteiger partial charge is 0.222 e. The maximum absolute atomic E-state index is 13.5. The van der Waals surface area contributed by atoms with E-state index in [4.69, 9.17) is 0 Å². The lowest BCUT2D eigenvalue weighted by molar-refractivity contribution is -0.128. The molecule has 1 atom stereocenters. The summed E-state index contributed by atoms with van der Waals surface area (Å²) in [6.45, 7) is 2.32. The van der Waals surface area contributed by atoms with E-state index in [-0.39, 0.29) is 17.8 Å². The first kappa shape index (κ1) is 16.3. The fourth-order valence-electron chi connectivity index (χ4n) is 3.96. The predicted molar refractivity (Wildman–Crippen MR) is 95.4 cm³/mol. The summed E-state index contributed by atoms with van der Waals surface area (Å²) in [7, 11) is 0. The summed E-state index contributed by atoms with van der Waals surface area (Å²) in [4.78, 5) is 13.7. The van der Waals surface area contributed by atoms with Crippen molar-refractivity contribution < 1.29 is 9.18 Å². The Morgan fingerprint density at radius 1 is 1.12 bits per heavy atom. The van der Waals surface area contributed by atoms with Gasteiger partial charge in [0.2, 0.25) is 5.91 Å². The molecule has 4 heteroatoms. The van der Waals surface area contributed by atoms with Crippen LogP contribution in [0, 0.1) is 5.82 Å². The number of hydrogen-bond donors (Lipinski definition) is 1. The average molecular weight is 338 g/mol. The first-order chi connectivity index (χ1) is 12.2. The zero-order chi connectivity index (χ0) is 17.2. The number of benzene rings is 2. The molecule has 1 unspecified atom stereocenters. The van der Waals surface area contributed by atoms with Crippen molar-refractivity contribution in [2.45, 2.75) is 44.8 Å². The molecule has 1 aliphatic heterocycles. The summed E-state index contributed by atoms with van der Waals surface area (Å²) in [6, 6.07) is 13.7. The highest BCUT2D eigenvalue weighted by atomic mass is 19.1. The van der Waals surface area contributed by atoms with Crippen LogP contribution in [-0.2, 0) is 24.3 Å². The van der Waals surface area contributed by atoms with Crippen LogP contribution in [0.4, 0.5) is 4.39 Å². The molecule has 25 heavy (non-hydrogen) atoms. The van der Waals surface area contributed by atoms with Gasteiger partial charge in [-0.25, -0.2) is 4.39 Å². The second-order valence-electron chi connectivity index (χ2n) is 7.05. The van der Waals surface area contributed by atoms with Crippen LogP contribution in [-0.4, -0.2) is 17.4 Å². The minimum atomic E-state index is -0.162. The van der Waals surface area contributed by atoms with E-state index in [1.54, 1.807) is 12.1 Å². The van der Waals surface area contributed by atoms with E-state index >= 15 is 0 Å². The highest BCUT2D eigenvalue weighted by Gasteiger charge is 2.23. The first-order valence-corrected chi connectivity index (χ1v) is 9.06. The molecule has 4 rings (SSSR count). The van der Waals surface area contributed by atoms with E-state index in [0.29, 0.717) is 13.0 Å². The van der Waals surface area contributed by atoms with Crippen molar-refractivity contribution in [1.82, 2.24) is 10.2 Å². The molecule has 1 amide bonds. The number of amides is 1. The van der Waals surface area contributed by atoms with E-state index in [1.807, 2.05) is 11.0 Å². The fourth-order valence-corrected chi connectivity index (χ4v) is 3.96. The summed E-state index contributed by atoms with van der Waals surface area (Å²) >= 11 is 0. The molecule has 130 valence electrons. The van der Waals surface area contributed by atoms with Gasteiger partial charge < -0.3 is 10.2 Å². The second-order valence-corrected chi connectivity index (χ2v) is 7.05. The zero-order valence-electron chi connectivity index (χ0n) is 14.3. The summed E-state index contributed by atoms with van der Waals surface area (Å²) in [6.07, 6.45) is 3.67. The van der Waals surface area contributed by atoms with Gasteiger partial charge >= 0.3 is 0 Å². The largest absolute Gasteiger partial charge is 0.338 e. The van der Waals surface area contributed by atoms with Crippen molar-refractivity contribution in [2.75, 3.05) is 6.54 Å². The van der Waals surface area contributed by atoms with Gasteiger partial charge in [0.15, 0.2) is 0 Å². The van der Waals surface area contributed by atoms with Crippen molar-refractivity contribution >= 4 is 5.91 Å². The van der Waals surface area contributed by atoms with Crippen LogP contribution in [0.3, 0.4) is 0 Å². The predicted octanol–water partition coefficient (Wildman–Crippen LogP) is 3.73. The number of carbonyl (C=O) groups excluding carboxylic acids is 1. The van der Waals surface area contributed by atoms with Gasteiger partial charge in [-0.2, -0.15) is 0 Å². The zero-order valence-corrected chi connectivity index (χ0v) is 14.3. The molecule has 0 bridgehead atoms. The standard InChI is InChI=1S/C21H23FN2O/c22-18-8-6-17-7-9-20(19(17)12-18)23-13-15-3-1-4-16(11-15)14-24-10-2-5-21(24)25/h1,3-4,6,8,11-12,20,23H,2,5,7,9-10,13-14H2. The molecule has 0 saturated carbocycles. The molecule has 1 fully saturated rings. The lowest BCUT2D eigenvalue weighted by Gasteiger charge is -2.17. The Morgan fingerprint density at radius 3 is 2.84 bits per heavy atom. The van der Waals surface area contributed by atoms with Crippen LogP contribution in [0.15, 0.2) is 42.5 Å². The number of carbonyl (C=O) groups is 1. The minimum absolute atomic E-state index is 0.162.